The van der Waals surface area contributed by atoms with E-state index in [0.717, 1.165) is 11.6 Å². The van der Waals surface area contributed by atoms with Gasteiger partial charge >= 0.3 is 0 Å². The van der Waals surface area contributed by atoms with Crippen LogP contribution < -0.4 is 5.48 Å². The molecule has 9 nitrogen and oxygen atoms in total. The molecule has 32 heavy (non-hydrogen) atoms. The third kappa shape index (κ3) is 5.29. The fraction of sp³-hybridized carbons (Fsp3) is 0.455. The van der Waals surface area contributed by atoms with Crippen molar-refractivity contribution in [2.45, 2.75) is 43.1 Å². The Labute approximate surface area is 186 Å². The number of rotatable bonds is 5. The van der Waals surface area contributed by atoms with Gasteiger partial charge in [-0.2, -0.15) is 5.10 Å². The lowest BCUT2D eigenvalue weighted by atomic mass is 9.95. The van der Waals surface area contributed by atoms with Crippen molar-refractivity contribution in [3.05, 3.63) is 30.0 Å². The molecule has 170 valence electrons. The molecular weight excluding hydrogens is 434 g/mol. The molecule has 1 aliphatic heterocycles. The predicted octanol–water partition coefficient (Wildman–Crippen LogP) is 0.632. The normalized spacial score (nSPS) is 17.4. The molecule has 1 fully saturated rings. The van der Waals surface area contributed by atoms with Crippen LogP contribution in [0.25, 0.3) is 10.9 Å². The molecule has 0 bridgehead atoms. The van der Waals surface area contributed by atoms with Crippen molar-refractivity contribution in [1.82, 2.24) is 15.3 Å². The smallest absolute Gasteiger partial charge is 0.264 e. The van der Waals surface area contributed by atoms with Gasteiger partial charge in [0.25, 0.3) is 5.91 Å². The Morgan fingerprint density at radius 3 is 2.72 bits per heavy atom. The third-order valence-electron chi connectivity index (χ3n) is 5.65. The topological polar surface area (TPSA) is 131 Å². The number of sulfone groups is 1. The summed E-state index contributed by atoms with van der Waals surface area (Å²) in [5.74, 6) is 10.2. The van der Waals surface area contributed by atoms with Gasteiger partial charge in [0, 0.05) is 42.8 Å². The Morgan fingerprint density at radius 1 is 1.34 bits per heavy atom. The number of fused-ring (bicyclic) bond motifs is 1. The average molecular weight is 460 g/mol. The summed E-state index contributed by atoms with van der Waals surface area (Å²) in [5, 5.41) is 24.4. The maximum Gasteiger partial charge on any atom is 0.264 e. The summed E-state index contributed by atoms with van der Waals surface area (Å²) in [6.07, 6.45) is 3.55. The average Bonchev–Trinajstić information content (AvgIpc) is 3.16. The third-order valence-corrected chi connectivity index (χ3v) is 7.68. The molecule has 0 saturated carbocycles. The summed E-state index contributed by atoms with van der Waals surface area (Å²) < 4.78 is 29.2. The zero-order chi connectivity index (χ0) is 23.4. The van der Waals surface area contributed by atoms with E-state index in [1.807, 2.05) is 6.07 Å². The number of aromatic nitrogens is 2. The number of amides is 1. The molecule has 1 amide bonds. The molecule has 10 heteroatoms. The first-order chi connectivity index (χ1) is 15.1. The van der Waals surface area contributed by atoms with Crippen molar-refractivity contribution in [2.75, 3.05) is 19.5 Å². The summed E-state index contributed by atoms with van der Waals surface area (Å²) in [5.41, 5.74) is 1.78. The van der Waals surface area contributed by atoms with Crippen molar-refractivity contribution in [1.29, 1.82) is 0 Å². The van der Waals surface area contributed by atoms with E-state index < -0.39 is 26.1 Å². The van der Waals surface area contributed by atoms with Crippen LogP contribution in [0.15, 0.2) is 24.4 Å². The molecule has 2 heterocycles. The molecular formula is C22H25N3O6S. The minimum Gasteiger partial charge on any atom is -0.381 e. The van der Waals surface area contributed by atoms with Crippen molar-refractivity contribution in [3.8, 4) is 23.7 Å². The molecule has 0 spiro atoms. The highest BCUT2D eigenvalue weighted by Crippen LogP contribution is 2.23. The highest BCUT2D eigenvalue weighted by Gasteiger charge is 2.43. The number of hydrogen-bond donors (Lipinski definition) is 3. The van der Waals surface area contributed by atoms with E-state index in [4.69, 9.17) is 9.94 Å². The van der Waals surface area contributed by atoms with Gasteiger partial charge in [0.05, 0.1) is 18.7 Å². The molecule has 1 aromatic heterocycles. The molecule has 3 N–H and O–H groups in total. The monoisotopic (exact) mass is 459 g/mol. The van der Waals surface area contributed by atoms with E-state index in [1.54, 1.807) is 23.0 Å². The Hall–Kier alpha value is -2.89. The van der Waals surface area contributed by atoms with Crippen LogP contribution in [-0.4, -0.2) is 64.2 Å². The second-order valence-electron chi connectivity index (χ2n) is 8.00. The quantitative estimate of drug-likeness (QED) is 0.340. The van der Waals surface area contributed by atoms with Crippen LogP contribution >= 0.6 is 0 Å². The summed E-state index contributed by atoms with van der Waals surface area (Å²) in [6, 6.07) is 5.40. The number of hydrogen-bond acceptors (Lipinski definition) is 7. The first kappa shape index (κ1) is 23.8. The Balaban J connectivity index is 1.74. The molecule has 0 radical (unpaired) electrons. The van der Waals surface area contributed by atoms with E-state index in [2.05, 4.69) is 28.8 Å². The van der Waals surface area contributed by atoms with Gasteiger partial charge in [-0.1, -0.05) is 11.8 Å². The van der Waals surface area contributed by atoms with E-state index in [1.165, 1.54) is 12.4 Å². The van der Waals surface area contributed by atoms with Crippen LogP contribution in [0.1, 0.15) is 31.7 Å². The predicted molar refractivity (Wildman–Crippen MR) is 117 cm³/mol. The number of carbonyl (C=O) groups excluding carboxylic acids is 1. The van der Waals surface area contributed by atoms with Gasteiger partial charge in [-0.25, -0.2) is 13.9 Å². The van der Waals surface area contributed by atoms with E-state index in [0.29, 0.717) is 37.1 Å². The van der Waals surface area contributed by atoms with Crippen LogP contribution in [0.5, 0.6) is 0 Å². The fourth-order valence-corrected chi connectivity index (χ4v) is 4.11. The van der Waals surface area contributed by atoms with E-state index in [9.17, 15) is 18.3 Å². The number of carbonyl (C=O) groups is 1. The first-order valence-corrected chi connectivity index (χ1v) is 11.9. The standard InChI is InChI=1S/C22H25N3O6S/c1-21(20(26)24-28,32(2,29)30)9-12-25-16-18-15-17(6-7-19(18)23-25)5-3-4-8-22(27)10-13-31-14-11-22/h6-7,15-16,27-28H,9-14H2,1-2H3,(H,24,26). The van der Waals surface area contributed by atoms with Crippen LogP contribution in [0.2, 0.25) is 0 Å². The lowest BCUT2D eigenvalue weighted by Crippen LogP contribution is -2.49. The largest absolute Gasteiger partial charge is 0.381 e. The van der Waals surface area contributed by atoms with Gasteiger partial charge in [-0.3, -0.25) is 14.7 Å². The number of nitrogens with one attached hydrogen (secondary N) is 1. The first-order valence-electron chi connectivity index (χ1n) is 10.0. The number of hydroxylamine groups is 1. The number of aliphatic hydroxyl groups is 1. The molecule has 1 aliphatic rings. The molecule has 1 aromatic carbocycles. The van der Waals surface area contributed by atoms with Crippen LogP contribution in [0.4, 0.5) is 0 Å². The Kier molecular flexibility index (Phi) is 6.91. The van der Waals surface area contributed by atoms with Gasteiger partial charge in [-0.15, -0.1) is 0 Å². The molecule has 1 atom stereocenters. The number of aryl methyl sites for hydroxylation is 1. The Bertz CT molecular complexity index is 1240. The SMILES string of the molecule is CC(CCn1cc2cc(C#CC#CC3(O)CCOCC3)ccc2n1)(C(=O)NO)S(C)(=O)=O. The summed E-state index contributed by atoms with van der Waals surface area (Å²) in [7, 11) is -3.78. The van der Waals surface area contributed by atoms with Crippen molar-refractivity contribution < 1.29 is 28.3 Å². The maximum absolute atomic E-state index is 12.1. The minimum atomic E-state index is -3.78. The second kappa shape index (κ2) is 9.31. The summed E-state index contributed by atoms with van der Waals surface area (Å²) in [4.78, 5) is 11.9. The van der Waals surface area contributed by atoms with Gasteiger partial charge in [0.1, 0.15) is 5.60 Å². The van der Waals surface area contributed by atoms with E-state index in [-0.39, 0.29) is 13.0 Å². The minimum absolute atomic E-state index is 0.0670. The lowest BCUT2D eigenvalue weighted by molar-refractivity contribution is -0.131. The van der Waals surface area contributed by atoms with Crippen LogP contribution in [0.3, 0.4) is 0 Å². The molecule has 0 aliphatic carbocycles. The van der Waals surface area contributed by atoms with Gasteiger partial charge < -0.3 is 9.84 Å². The van der Waals surface area contributed by atoms with Crippen molar-refractivity contribution in [3.63, 3.8) is 0 Å². The van der Waals surface area contributed by atoms with Crippen molar-refractivity contribution >= 4 is 26.6 Å². The summed E-state index contributed by atoms with van der Waals surface area (Å²) in [6.45, 7) is 2.38. The van der Waals surface area contributed by atoms with E-state index >= 15 is 0 Å². The zero-order valence-corrected chi connectivity index (χ0v) is 18.7. The van der Waals surface area contributed by atoms with Gasteiger partial charge in [0.15, 0.2) is 14.6 Å². The lowest BCUT2D eigenvalue weighted by Gasteiger charge is -2.26. The Morgan fingerprint density at radius 2 is 2.06 bits per heavy atom. The zero-order valence-electron chi connectivity index (χ0n) is 17.9. The number of ether oxygens (including phenoxy) is 1. The molecule has 3 rings (SSSR count). The fourth-order valence-electron chi connectivity index (χ4n) is 3.27. The molecule has 2 aromatic rings. The highest BCUT2D eigenvalue weighted by molar-refractivity contribution is 7.92. The number of nitrogens with zero attached hydrogens (tertiary/aromatic N) is 2. The van der Waals surface area contributed by atoms with Crippen molar-refractivity contribution in [2.24, 2.45) is 0 Å². The second-order valence-corrected chi connectivity index (χ2v) is 10.4. The molecule has 1 saturated heterocycles. The highest BCUT2D eigenvalue weighted by atomic mass is 32.2. The maximum atomic E-state index is 12.1. The molecule has 1 unspecified atom stereocenters. The number of benzene rings is 1. The van der Waals surface area contributed by atoms with Gasteiger partial charge in [-0.05, 0) is 43.4 Å². The van der Waals surface area contributed by atoms with Gasteiger partial charge in [0.2, 0.25) is 0 Å². The van der Waals surface area contributed by atoms with Crippen LogP contribution in [0, 0.1) is 23.7 Å². The van der Waals surface area contributed by atoms with Crippen LogP contribution in [-0.2, 0) is 25.9 Å². The summed E-state index contributed by atoms with van der Waals surface area (Å²) >= 11 is 0.